The number of carbonyl (C=O) groups is 1. The molecule has 1 aliphatic heterocycles. The van der Waals surface area contributed by atoms with E-state index in [4.69, 9.17) is 5.73 Å². The molecule has 4 rings (SSSR count). The molecular weight excluding hydrogens is 444 g/mol. The lowest BCUT2D eigenvalue weighted by Crippen LogP contribution is -2.36. The molecule has 2 aromatic carbocycles. The minimum absolute atomic E-state index is 0.00284. The van der Waals surface area contributed by atoms with Crippen LogP contribution in [0.4, 0.5) is 5.69 Å². The molecule has 1 saturated heterocycles. The highest BCUT2D eigenvalue weighted by molar-refractivity contribution is 5.91. The van der Waals surface area contributed by atoms with Gasteiger partial charge in [-0.05, 0) is 73.7 Å². The lowest BCUT2D eigenvalue weighted by molar-refractivity contribution is 0.0988. The van der Waals surface area contributed by atoms with Crippen LogP contribution in [-0.2, 0) is 0 Å². The fraction of sp³-hybridized carbons (Fsp3) is 0.423. The Labute approximate surface area is 205 Å². The van der Waals surface area contributed by atoms with Crippen molar-refractivity contribution in [2.24, 2.45) is 11.7 Å². The third-order valence-corrected chi connectivity index (χ3v) is 6.65. The summed E-state index contributed by atoms with van der Waals surface area (Å²) in [6.45, 7) is 10.3. The number of piperidine rings is 1. The molecule has 5 N–H and O–H groups in total. The summed E-state index contributed by atoms with van der Waals surface area (Å²) in [5, 5.41) is 32.4. The Morgan fingerprint density at radius 2 is 1.80 bits per heavy atom. The third kappa shape index (κ3) is 5.40. The number of nitrogens with two attached hydrogens (primary N) is 1. The topological polar surface area (TPSA) is 130 Å². The number of hydrogen-bond donors (Lipinski definition) is 4. The summed E-state index contributed by atoms with van der Waals surface area (Å²) in [7, 11) is 0. The Hall–Kier alpha value is -3.59. The highest BCUT2D eigenvalue weighted by Crippen LogP contribution is 2.38. The number of benzene rings is 2. The first kappa shape index (κ1) is 24.5. The number of hydrogen-bond acceptors (Lipinski definition) is 7. The standard InChI is InChI=1S/C26H34N6O3/c1-16(2)20-14-21(23(34)15-22(20)33)25-29-30-26(24(27)35)32(25)19-6-4-18(5-7-19)28-10-13-31-11-8-17(3)9-12-31/h4-7,14-17,28,33-34H,8-13H2,1-3H3,(H2,27,35). The number of carbonyl (C=O) groups excluding carboxylic acids is 1. The van der Waals surface area contributed by atoms with E-state index in [1.807, 2.05) is 38.1 Å². The van der Waals surface area contributed by atoms with Gasteiger partial charge in [-0.1, -0.05) is 20.8 Å². The molecule has 2 heterocycles. The van der Waals surface area contributed by atoms with E-state index < -0.39 is 5.91 Å². The van der Waals surface area contributed by atoms with E-state index >= 15 is 0 Å². The molecule has 0 atom stereocenters. The second kappa shape index (κ2) is 10.4. The molecule has 3 aromatic rings. The van der Waals surface area contributed by atoms with Gasteiger partial charge in [-0.3, -0.25) is 9.36 Å². The van der Waals surface area contributed by atoms with Crippen molar-refractivity contribution in [3.8, 4) is 28.6 Å². The first-order valence-electron chi connectivity index (χ1n) is 12.1. The smallest absolute Gasteiger partial charge is 0.287 e. The van der Waals surface area contributed by atoms with Gasteiger partial charge in [0.1, 0.15) is 11.5 Å². The molecule has 0 aliphatic carbocycles. The van der Waals surface area contributed by atoms with Crippen LogP contribution in [-0.4, -0.2) is 62.0 Å². The summed E-state index contributed by atoms with van der Waals surface area (Å²) >= 11 is 0. The molecule has 0 radical (unpaired) electrons. The third-order valence-electron chi connectivity index (χ3n) is 6.65. The Morgan fingerprint density at radius 3 is 2.43 bits per heavy atom. The molecule has 0 bridgehead atoms. The highest BCUT2D eigenvalue weighted by Gasteiger charge is 2.23. The minimum Gasteiger partial charge on any atom is -0.508 e. The van der Waals surface area contributed by atoms with Crippen LogP contribution in [0, 0.1) is 5.92 Å². The number of aromatic hydroxyl groups is 2. The number of likely N-dealkylation sites (tertiary alicyclic amines) is 1. The van der Waals surface area contributed by atoms with Gasteiger partial charge in [0.2, 0.25) is 5.82 Å². The number of phenols is 2. The van der Waals surface area contributed by atoms with Gasteiger partial charge in [0, 0.05) is 30.5 Å². The average molecular weight is 479 g/mol. The molecular formula is C26H34N6O3. The van der Waals surface area contributed by atoms with E-state index in [-0.39, 0.29) is 29.1 Å². The summed E-state index contributed by atoms with van der Waals surface area (Å²) in [4.78, 5) is 14.6. The summed E-state index contributed by atoms with van der Waals surface area (Å²) in [6, 6.07) is 10.5. The maximum Gasteiger partial charge on any atom is 0.287 e. The predicted octanol–water partition coefficient (Wildman–Crippen LogP) is 3.71. The Morgan fingerprint density at radius 1 is 1.11 bits per heavy atom. The van der Waals surface area contributed by atoms with Crippen molar-refractivity contribution in [2.45, 2.75) is 39.5 Å². The van der Waals surface area contributed by atoms with Gasteiger partial charge in [0.15, 0.2) is 5.82 Å². The molecule has 35 heavy (non-hydrogen) atoms. The lowest BCUT2D eigenvalue weighted by atomic mass is 9.98. The zero-order valence-corrected chi connectivity index (χ0v) is 20.5. The van der Waals surface area contributed by atoms with Crippen LogP contribution in [0.5, 0.6) is 11.5 Å². The largest absolute Gasteiger partial charge is 0.508 e. The number of phenolic OH excluding ortho intramolecular Hbond substituents is 2. The number of aromatic nitrogens is 3. The number of amides is 1. The Bertz CT molecular complexity index is 1180. The average Bonchev–Trinajstić information content (AvgIpc) is 3.26. The van der Waals surface area contributed by atoms with Crippen molar-refractivity contribution in [1.82, 2.24) is 19.7 Å². The maximum atomic E-state index is 12.1. The van der Waals surface area contributed by atoms with E-state index in [0.29, 0.717) is 16.8 Å². The second-order valence-corrected chi connectivity index (χ2v) is 9.63. The summed E-state index contributed by atoms with van der Waals surface area (Å²) < 4.78 is 1.53. The normalized spacial score (nSPS) is 15.0. The first-order valence-corrected chi connectivity index (χ1v) is 12.1. The number of rotatable bonds is 8. The monoisotopic (exact) mass is 478 g/mol. The molecule has 9 nitrogen and oxygen atoms in total. The van der Waals surface area contributed by atoms with Crippen LogP contribution in [0.3, 0.4) is 0 Å². The zero-order chi connectivity index (χ0) is 25.1. The van der Waals surface area contributed by atoms with Crippen LogP contribution in [0.1, 0.15) is 55.7 Å². The molecule has 9 heteroatoms. The summed E-state index contributed by atoms with van der Waals surface area (Å²) in [5.74, 6) is 0.153. The van der Waals surface area contributed by atoms with Gasteiger partial charge in [-0.15, -0.1) is 10.2 Å². The SMILES string of the molecule is CC1CCN(CCNc2ccc(-n3c(C(N)=O)nnc3-c3cc(C(C)C)c(O)cc3O)cc2)CC1. The van der Waals surface area contributed by atoms with Crippen LogP contribution >= 0.6 is 0 Å². The summed E-state index contributed by atoms with van der Waals surface area (Å²) in [5.41, 5.74) is 8.17. The van der Waals surface area contributed by atoms with E-state index in [0.717, 1.165) is 37.8 Å². The Kier molecular flexibility index (Phi) is 7.25. The first-order chi connectivity index (χ1) is 16.7. The van der Waals surface area contributed by atoms with Gasteiger partial charge < -0.3 is 26.2 Å². The molecule has 1 aliphatic rings. The van der Waals surface area contributed by atoms with Crippen molar-refractivity contribution < 1.29 is 15.0 Å². The van der Waals surface area contributed by atoms with E-state index in [2.05, 4.69) is 27.3 Å². The van der Waals surface area contributed by atoms with Crippen molar-refractivity contribution in [3.63, 3.8) is 0 Å². The molecule has 1 aromatic heterocycles. The van der Waals surface area contributed by atoms with Crippen molar-refractivity contribution in [2.75, 3.05) is 31.5 Å². The van der Waals surface area contributed by atoms with Gasteiger partial charge in [-0.25, -0.2) is 0 Å². The molecule has 1 amide bonds. The highest BCUT2D eigenvalue weighted by atomic mass is 16.3. The maximum absolute atomic E-state index is 12.1. The number of nitrogens with one attached hydrogen (secondary N) is 1. The minimum atomic E-state index is -0.732. The molecule has 186 valence electrons. The predicted molar refractivity (Wildman–Crippen MR) is 136 cm³/mol. The van der Waals surface area contributed by atoms with Crippen molar-refractivity contribution >= 4 is 11.6 Å². The van der Waals surface area contributed by atoms with Crippen molar-refractivity contribution in [3.05, 3.63) is 47.8 Å². The van der Waals surface area contributed by atoms with E-state index in [1.54, 1.807) is 6.07 Å². The van der Waals surface area contributed by atoms with Crippen LogP contribution < -0.4 is 11.1 Å². The fourth-order valence-electron chi connectivity index (χ4n) is 4.47. The number of primary amides is 1. The van der Waals surface area contributed by atoms with E-state index in [1.165, 1.54) is 23.5 Å². The fourth-order valence-corrected chi connectivity index (χ4v) is 4.47. The van der Waals surface area contributed by atoms with Crippen LogP contribution in [0.15, 0.2) is 36.4 Å². The van der Waals surface area contributed by atoms with Gasteiger partial charge in [0.25, 0.3) is 5.91 Å². The second-order valence-electron chi connectivity index (χ2n) is 9.63. The molecule has 0 unspecified atom stereocenters. The quantitative estimate of drug-likeness (QED) is 0.388. The number of anilines is 1. The Balaban J connectivity index is 1.58. The van der Waals surface area contributed by atoms with Gasteiger partial charge in [-0.2, -0.15) is 0 Å². The molecule has 0 spiro atoms. The zero-order valence-electron chi connectivity index (χ0n) is 20.5. The van der Waals surface area contributed by atoms with E-state index in [9.17, 15) is 15.0 Å². The number of nitrogens with zero attached hydrogens (tertiary/aromatic N) is 4. The van der Waals surface area contributed by atoms with Crippen LogP contribution in [0.25, 0.3) is 17.1 Å². The van der Waals surface area contributed by atoms with Crippen LogP contribution in [0.2, 0.25) is 0 Å². The van der Waals surface area contributed by atoms with Gasteiger partial charge in [0.05, 0.1) is 5.56 Å². The summed E-state index contributed by atoms with van der Waals surface area (Å²) in [6.07, 6.45) is 2.51. The van der Waals surface area contributed by atoms with Crippen molar-refractivity contribution in [1.29, 1.82) is 0 Å². The molecule has 1 fully saturated rings. The van der Waals surface area contributed by atoms with Gasteiger partial charge >= 0.3 is 0 Å². The molecule has 0 saturated carbocycles. The lowest BCUT2D eigenvalue weighted by Gasteiger charge is -2.30.